The highest BCUT2D eigenvalue weighted by molar-refractivity contribution is 6.42. The molecule has 33 heavy (non-hydrogen) atoms. The molecule has 0 spiro atoms. The lowest BCUT2D eigenvalue weighted by atomic mass is 9.99. The zero-order valence-electron chi connectivity index (χ0n) is 18.4. The number of benzene rings is 1. The third kappa shape index (κ3) is 5.53. The number of piperidine rings is 1. The van der Waals surface area contributed by atoms with Crippen LogP contribution in [0.1, 0.15) is 26.2 Å². The van der Waals surface area contributed by atoms with Gasteiger partial charge < -0.3 is 24.8 Å². The number of amides is 3. The van der Waals surface area contributed by atoms with E-state index in [1.165, 1.54) is 4.90 Å². The van der Waals surface area contributed by atoms with Crippen LogP contribution in [0.4, 0.5) is 19.3 Å². The minimum atomic E-state index is -2.57. The van der Waals surface area contributed by atoms with Gasteiger partial charge in [0.25, 0.3) is 5.92 Å². The molecule has 3 unspecified atom stereocenters. The summed E-state index contributed by atoms with van der Waals surface area (Å²) >= 11 is 12.0. The van der Waals surface area contributed by atoms with Gasteiger partial charge in [-0.15, -0.1) is 0 Å². The largest absolute Gasteiger partial charge is 0.377 e. The van der Waals surface area contributed by atoms with Crippen molar-refractivity contribution in [1.29, 1.82) is 0 Å². The maximum absolute atomic E-state index is 13.4. The number of fused-ring (bicyclic) bond motifs is 1. The second-order valence-corrected chi connectivity index (χ2v) is 9.78. The zero-order chi connectivity index (χ0) is 23.8. The number of halogens is 4. The normalized spacial score (nSPS) is 27.9. The molecule has 11 heteroatoms. The van der Waals surface area contributed by atoms with Gasteiger partial charge in [0, 0.05) is 44.7 Å². The molecule has 3 aliphatic heterocycles. The average molecular weight is 505 g/mol. The van der Waals surface area contributed by atoms with Gasteiger partial charge in [-0.2, -0.15) is 0 Å². The summed E-state index contributed by atoms with van der Waals surface area (Å²) in [5, 5.41) is 3.48. The summed E-state index contributed by atoms with van der Waals surface area (Å²) in [6.45, 7) is 4.17. The molecular weight excluding hydrogens is 477 g/mol. The molecule has 7 nitrogen and oxygen atoms in total. The Morgan fingerprint density at radius 2 is 1.94 bits per heavy atom. The van der Waals surface area contributed by atoms with Crippen molar-refractivity contribution >= 4 is 40.8 Å². The van der Waals surface area contributed by atoms with Crippen molar-refractivity contribution in [2.45, 2.75) is 50.2 Å². The van der Waals surface area contributed by atoms with E-state index in [0.717, 1.165) is 0 Å². The number of likely N-dealkylation sites (tertiary alicyclic amines) is 1. The molecule has 3 saturated heterocycles. The highest BCUT2D eigenvalue weighted by atomic mass is 35.5. The molecule has 1 aromatic carbocycles. The van der Waals surface area contributed by atoms with Gasteiger partial charge in [0.05, 0.1) is 35.3 Å². The maximum atomic E-state index is 13.4. The highest BCUT2D eigenvalue weighted by Crippen LogP contribution is 2.30. The van der Waals surface area contributed by atoms with E-state index in [1.807, 2.05) is 9.80 Å². The number of hydrogen-bond donors (Lipinski definition) is 1. The van der Waals surface area contributed by atoms with Crippen LogP contribution >= 0.6 is 23.2 Å². The van der Waals surface area contributed by atoms with Crippen LogP contribution in [-0.4, -0.2) is 90.1 Å². The van der Waals surface area contributed by atoms with Crippen LogP contribution in [0.25, 0.3) is 0 Å². The van der Waals surface area contributed by atoms with Crippen molar-refractivity contribution in [2.75, 3.05) is 44.7 Å². The number of rotatable bonds is 4. The Hall–Kier alpha value is -1.68. The fraction of sp³-hybridized carbons (Fsp3) is 0.636. The van der Waals surface area contributed by atoms with E-state index >= 15 is 0 Å². The number of urea groups is 1. The molecule has 0 bridgehead atoms. The van der Waals surface area contributed by atoms with Gasteiger partial charge in [-0.25, -0.2) is 13.6 Å². The SMILES string of the molecule is CC1C(=O)N2C(CCN3CCC(F)(F)CC3)COCC2CN1C(=O)Nc1ccc(Cl)c(Cl)c1. The fourth-order valence-corrected chi connectivity index (χ4v) is 5.02. The third-order valence-electron chi connectivity index (χ3n) is 6.69. The molecule has 1 aromatic rings. The smallest absolute Gasteiger partial charge is 0.322 e. The lowest BCUT2D eigenvalue weighted by Crippen LogP contribution is -2.68. The number of nitrogens with zero attached hydrogens (tertiary/aromatic N) is 3. The lowest BCUT2D eigenvalue weighted by Gasteiger charge is -2.50. The molecule has 182 valence electrons. The standard InChI is InChI=1S/C22H28Cl2F2N4O3/c1-14-20(31)30-16(4-7-28-8-5-22(25,26)6-9-28)12-33-13-17(30)11-29(14)21(32)27-15-2-3-18(23)19(24)10-15/h2-3,10,14,16-17H,4-9,11-13H2,1H3,(H,27,32). The average Bonchev–Trinajstić information content (AvgIpc) is 2.77. The zero-order valence-corrected chi connectivity index (χ0v) is 19.9. The summed E-state index contributed by atoms with van der Waals surface area (Å²) in [6.07, 6.45) is 0.398. The van der Waals surface area contributed by atoms with Gasteiger partial charge in [0.2, 0.25) is 5.91 Å². The second kappa shape index (κ2) is 9.90. The van der Waals surface area contributed by atoms with E-state index in [-0.39, 0.29) is 30.8 Å². The predicted molar refractivity (Wildman–Crippen MR) is 122 cm³/mol. The number of carbonyl (C=O) groups is 2. The number of piperazine rings is 1. The van der Waals surface area contributed by atoms with Crippen LogP contribution < -0.4 is 5.32 Å². The molecular formula is C22H28Cl2F2N4O3. The fourth-order valence-electron chi connectivity index (χ4n) is 4.72. The first-order valence-corrected chi connectivity index (χ1v) is 11.9. The van der Waals surface area contributed by atoms with Gasteiger partial charge in [0.15, 0.2) is 0 Å². The topological polar surface area (TPSA) is 65.1 Å². The van der Waals surface area contributed by atoms with Crippen LogP contribution in [0.3, 0.4) is 0 Å². The molecule has 3 heterocycles. The monoisotopic (exact) mass is 504 g/mol. The van der Waals surface area contributed by atoms with Gasteiger partial charge in [0.1, 0.15) is 6.04 Å². The summed E-state index contributed by atoms with van der Waals surface area (Å²) in [7, 11) is 0. The maximum Gasteiger partial charge on any atom is 0.322 e. The third-order valence-corrected chi connectivity index (χ3v) is 7.43. The van der Waals surface area contributed by atoms with E-state index in [4.69, 9.17) is 27.9 Å². The Labute approximate surface area is 201 Å². The minimum absolute atomic E-state index is 0.126. The first-order chi connectivity index (χ1) is 15.6. The number of anilines is 1. The van der Waals surface area contributed by atoms with Gasteiger partial charge in [-0.1, -0.05) is 23.2 Å². The molecule has 0 aromatic heterocycles. The molecule has 0 saturated carbocycles. The summed E-state index contributed by atoms with van der Waals surface area (Å²) in [5.74, 6) is -2.70. The molecule has 1 N–H and O–H groups in total. The Kier molecular flexibility index (Phi) is 7.33. The van der Waals surface area contributed by atoms with Crippen molar-refractivity contribution in [1.82, 2.24) is 14.7 Å². The van der Waals surface area contributed by atoms with Crippen molar-refractivity contribution in [2.24, 2.45) is 0 Å². The van der Waals surface area contributed by atoms with E-state index in [1.54, 1.807) is 25.1 Å². The van der Waals surface area contributed by atoms with E-state index in [9.17, 15) is 18.4 Å². The number of carbonyl (C=O) groups excluding carboxylic acids is 2. The quantitative estimate of drug-likeness (QED) is 0.674. The molecule has 3 fully saturated rings. The Morgan fingerprint density at radius 3 is 2.64 bits per heavy atom. The summed E-state index contributed by atoms with van der Waals surface area (Å²) in [5.41, 5.74) is 0.487. The van der Waals surface area contributed by atoms with Crippen LogP contribution in [0.2, 0.25) is 10.0 Å². The number of morpholine rings is 1. The first-order valence-electron chi connectivity index (χ1n) is 11.2. The molecule has 3 aliphatic rings. The van der Waals surface area contributed by atoms with E-state index in [0.29, 0.717) is 61.5 Å². The van der Waals surface area contributed by atoms with E-state index < -0.39 is 18.0 Å². The summed E-state index contributed by atoms with van der Waals surface area (Å²) in [6, 6.07) is 3.36. The van der Waals surface area contributed by atoms with Crippen LogP contribution in [0, 0.1) is 0 Å². The van der Waals surface area contributed by atoms with Crippen LogP contribution in [0.15, 0.2) is 18.2 Å². The van der Waals surface area contributed by atoms with Gasteiger partial charge in [-0.3, -0.25) is 4.79 Å². The predicted octanol–water partition coefficient (Wildman–Crippen LogP) is 3.95. The highest BCUT2D eigenvalue weighted by Gasteiger charge is 2.45. The number of hydrogen-bond acceptors (Lipinski definition) is 4. The minimum Gasteiger partial charge on any atom is -0.377 e. The number of ether oxygens (including phenoxy) is 1. The van der Waals surface area contributed by atoms with Gasteiger partial charge in [-0.05, 0) is 31.5 Å². The second-order valence-electron chi connectivity index (χ2n) is 8.96. The van der Waals surface area contributed by atoms with Crippen LogP contribution in [0.5, 0.6) is 0 Å². The summed E-state index contributed by atoms with van der Waals surface area (Å²) in [4.78, 5) is 31.6. The van der Waals surface area contributed by atoms with E-state index in [2.05, 4.69) is 5.32 Å². The first kappa shape index (κ1) is 24.4. The van der Waals surface area contributed by atoms with Crippen molar-refractivity contribution in [3.8, 4) is 0 Å². The molecule has 0 radical (unpaired) electrons. The summed E-state index contributed by atoms with van der Waals surface area (Å²) < 4.78 is 32.6. The Balaban J connectivity index is 1.37. The molecule has 3 amide bonds. The number of nitrogens with one attached hydrogen (secondary N) is 1. The molecule has 3 atom stereocenters. The molecule has 0 aliphatic carbocycles. The molecule has 4 rings (SSSR count). The van der Waals surface area contributed by atoms with Crippen LogP contribution in [-0.2, 0) is 9.53 Å². The Bertz CT molecular complexity index is 896. The number of alkyl halides is 2. The van der Waals surface area contributed by atoms with Gasteiger partial charge >= 0.3 is 6.03 Å². The lowest BCUT2D eigenvalue weighted by molar-refractivity contribution is -0.159. The van der Waals surface area contributed by atoms with Crippen molar-refractivity contribution in [3.63, 3.8) is 0 Å². The Morgan fingerprint density at radius 1 is 1.21 bits per heavy atom. The van der Waals surface area contributed by atoms with Crippen molar-refractivity contribution < 1.29 is 23.1 Å². The van der Waals surface area contributed by atoms with Crippen molar-refractivity contribution in [3.05, 3.63) is 28.2 Å².